The number of anilines is 1. The minimum Gasteiger partial charge on any atom is -0.382 e. The maximum atomic E-state index is 11.3. The third kappa shape index (κ3) is 3.00. The zero-order valence-electron chi connectivity index (χ0n) is 10.1. The van der Waals surface area contributed by atoms with Crippen molar-refractivity contribution in [1.82, 2.24) is 10.2 Å². The minimum atomic E-state index is -0.342. The topological polar surface area (TPSA) is 57.8 Å². The average Bonchev–Trinajstić information content (AvgIpc) is 2.32. The molecule has 2 rings (SSSR count). The number of aromatic nitrogens is 2. The molecule has 1 aliphatic rings. The van der Waals surface area contributed by atoms with Gasteiger partial charge in [0.15, 0.2) is 0 Å². The Hall–Kier alpha value is -1.03. The molecule has 1 aliphatic carbocycles. The van der Waals surface area contributed by atoms with Crippen LogP contribution in [0.5, 0.6) is 0 Å². The lowest BCUT2D eigenvalue weighted by Gasteiger charge is -2.34. The van der Waals surface area contributed by atoms with Crippen LogP contribution in [0, 0.1) is 5.41 Å². The molecule has 1 saturated carbocycles. The lowest BCUT2D eigenvalue weighted by atomic mass is 9.76. The van der Waals surface area contributed by atoms with Crippen LogP contribution in [0.15, 0.2) is 11.0 Å². The van der Waals surface area contributed by atoms with Crippen LogP contribution in [0.3, 0.4) is 0 Å². The number of hydrogen-bond acceptors (Lipinski definition) is 3. The molecule has 1 aromatic rings. The van der Waals surface area contributed by atoms with Crippen molar-refractivity contribution in [2.45, 2.75) is 39.0 Å². The Kier molecular flexibility index (Phi) is 3.72. The first-order valence-corrected chi connectivity index (χ1v) is 6.46. The van der Waals surface area contributed by atoms with Gasteiger partial charge in [-0.15, -0.1) is 0 Å². The van der Waals surface area contributed by atoms with Crippen molar-refractivity contribution in [3.63, 3.8) is 0 Å². The highest BCUT2D eigenvalue weighted by Gasteiger charge is 2.26. The van der Waals surface area contributed by atoms with Crippen molar-refractivity contribution in [1.29, 1.82) is 0 Å². The van der Waals surface area contributed by atoms with Crippen LogP contribution in [-0.2, 0) is 0 Å². The molecule has 0 radical (unpaired) electrons. The number of hydrogen-bond donors (Lipinski definition) is 2. The van der Waals surface area contributed by atoms with Gasteiger partial charge >= 0.3 is 0 Å². The predicted octanol–water partition coefficient (Wildman–Crippen LogP) is 2.81. The Morgan fingerprint density at radius 1 is 1.47 bits per heavy atom. The molecular formula is C12H18ClN3O. The van der Waals surface area contributed by atoms with Gasteiger partial charge in [0.2, 0.25) is 0 Å². The van der Waals surface area contributed by atoms with E-state index in [1.165, 1.54) is 32.1 Å². The summed E-state index contributed by atoms with van der Waals surface area (Å²) in [5, 5.41) is 9.50. The number of nitrogens with one attached hydrogen (secondary N) is 2. The van der Waals surface area contributed by atoms with E-state index in [0.717, 1.165) is 6.54 Å². The van der Waals surface area contributed by atoms with Crippen LogP contribution >= 0.6 is 11.6 Å². The van der Waals surface area contributed by atoms with Crippen LogP contribution in [0.4, 0.5) is 5.69 Å². The highest BCUT2D eigenvalue weighted by Crippen LogP contribution is 2.35. The smallest absolute Gasteiger partial charge is 0.285 e. The van der Waals surface area contributed by atoms with Crippen molar-refractivity contribution in [3.8, 4) is 0 Å². The van der Waals surface area contributed by atoms with Gasteiger partial charge in [0.25, 0.3) is 5.56 Å². The lowest BCUT2D eigenvalue weighted by Crippen LogP contribution is -2.29. The van der Waals surface area contributed by atoms with E-state index in [1.807, 2.05) is 0 Å². The zero-order chi connectivity index (χ0) is 12.3. The Morgan fingerprint density at radius 3 is 2.88 bits per heavy atom. The fourth-order valence-electron chi connectivity index (χ4n) is 2.40. The summed E-state index contributed by atoms with van der Waals surface area (Å²) in [6.45, 7) is 3.13. The second kappa shape index (κ2) is 5.08. The number of aromatic amines is 1. The van der Waals surface area contributed by atoms with Crippen molar-refractivity contribution in [2.24, 2.45) is 5.41 Å². The molecule has 0 bridgehead atoms. The average molecular weight is 256 g/mol. The Morgan fingerprint density at radius 2 is 2.18 bits per heavy atom. The summed E-state index contributed by atoms with van der Waals surface area (Å²) >= 11 is 5.91. The predicted molar refractivity (Wildman–Crippen MR) is 69.5 cm³/mol. The molecule has 0 amide bonds. The molecule has 5 heteroatoms. The molecule has 0 saturated heterocycles. The summed E-state index contributed by atoms with van der Waals surface area (Å²) in [6.07, 6.45) is 7.94. The highest BCUT2D eigenvalue weighted by atomic mass is 35.5. The van der Waals surface area contributed by atoms with Crippen molar-refractivity contribution in [2.75, 3.05) is 11.9 Å². The molecule has 94 valence electrons. The lowest BCUT2D eigenvalue weighted by molar-refractivity contribution is 0.233. The van der Waals surface area contributed by atoms with Gasteiger partial charge < -0.3 is 5.32 Å². The maximum Gasteiger partial charge on any atom is 0.285 e. The fourth-order valence-corrected chi connectivity index (χ4v) is 2.56. The van der Waals surface area contributed by atoms with E-state index in [9.17, 15) is 4.79 Å². The van der Waals surface area contributed by atoms with Gasteiger partial charge in [-0.25, -0.2) is 5.10 Å². The molecule has 1 aromatic heterocycles. The van der Waals surface area contributed by atoms with Crippen molar-refractivity contribution < 1.29 is 0 Å². The molecule has 1 fully saturated rings. The molecule has 0 aromatic carbocycles. The van der Waals surface area contributed by atoms with E-state index in [2.05, 4.69) is 22.4 Å². The summed E-state index contributed by atoms with van der Waals surface area (Å²) in [6, 6.07) is 0. The number of H-pyrrole nitrogens is 1. The molecule has 0 aliphatic heterocycles. The Balaban J connectivity index is 2.02. The maximum absolute atomic E-state index is 11.3. The third-order valence-corrected chi connectivity index (χ3v) is 3.94. The van der Waals surface area contributed by atoms with Crippen molar-refractivity contribution in [3.05, 3.63) is 21.6 Å². The summed E-state index contributed by atoms with van der Waals surface area (Å²) in [5.41, 5.74) is 0.595. The van der Waals surface area contributed by atoms with Crippen LogP contribution in [0.25, 0.3) is 0 Å². The van der Waals surface area contributed by atoms with E-state index < -0.39 is 0 Å². The first kappa shape index (κ1) is 12.4. The van der Waals surface area contributed by atoms with Gasteiger partial charge in [-0.05, 0) is 18.3 Å². The standard InChI is InChI=1S/C12H18ClN3O/c1-12(5-3-2-4-6-12)8-14-9-7-15-16-11(17)10(9)13/h7H,2-6,8H2,1H3,(H2,14,16,17). The number of halogens is 1. The summed E-state index contributed by atoms with van der Waals surface area (Å²) in [5.74, 6) is 0. The highest BCUT2D eigenvalue weighted by molar-refractivity contribution is 6.32. The van der Waals surface area contributed by atoms with E-state index >= 15 is 0 Å². The monoisotopic (exact) mass is 255 g/mol. The largest absolute Gasteiger partial charge is 0.382 e. The van der Waals surface area contributed by atoms with Crippen LogP contribution in [0.2, 0.25) is 5.02 Å². The van der Waals surface area contributed by atoms with Crippen LogP contribution in [-0.4, -0.2) is 16.7 Å². The van der Waals surface area contributed by atoms with Gasteiger partial charge in [0.05, 0.1) is 11.9 Å². The van der Waals surface area contributed by atoms with Gasteiger partial charge in [0.1, 0.15) is 5.02 Å². The molecule has 1 heterocycles. The van der Waals surface area contributed by atoms with Gasteiger partial charge in [-0.3, -0.25) is 4.79 Å². The second-order valence-electron chi connectivity index (χ2n) is 5.15. The Labute approximate surface area is 106 Å². The van der Waals surface area contributed by atoms with Crippen LogP contribution < -0.4 is 10.9 Å². The van der Waals surface area contributed by atoms with Gasteiger partial charge in [-0.2, -0.15) is 5.10 Å². The molecule has 0 spiro atoms. The fraction of sp³-hybridized carbons (Fsp3) is 0.667. The van der Waals surface area contributed by atoms with Crippen LogP contribution in [0.1, 0.15) is 39.0 Å². The van der Waals surface area contributed by atoms with Gasteiger partial charge in [-0.1, -0.05) is 37.8 Å². The Bertz CT molecular complexity index is 438. The number of nitrogens with zero attached hydrogens (tertiary/aromatic N) is 1. The van der Waals surface area contributed by atoms with Crippen molar-refractivity contribution >= 4 is 17.3 Å². The molecular weight excluding hydrogens is 238 g/mol. The third-order valence-electron chi connectivity index (χ3n) is 3.56. The SMILES string of the molecule is CC1(CNc2cn[nH]c(=O)c2Cl)CCCCC1. The normalized spacial score (nSPS) is 18.9. The quantitative estimate of drug-likeness (QED) is 0.873. The first-order chi connectivity index (χ1) is 8.11. The molecule has 2 N–H and O–H groups in total. The first-order valence-electron chi connectivity index (χ1n) is 6.08. The minimum absolute atomic E-state index is 0.194. The summed E-state index contributed by atoms with van der Waals surface area (Å²) in [7, 11) is 0. The molecule has 0 atom stereocenters. The van der Waals surface area contributed by atoms with Gasteiger partial charge in [0, 0.05) is 6.54 Å². The number of rotatable bonds is 3. The van der Waals surface area contributed by atoms with E-state index in [1.54, 1.807) is 6.20 Å². The van der Waals surface area contributed by atoms with E-state index in [4.69, 9.17) is 11.6 Å². The molecule has 17 heavy (non-hydrogen) atoms. The van der Waals surface area contributed by atoms with E-state index in [0.29, 0.717) is 11.1 Å². The molecule has 0 unspecified atom stereocenters. The summed E-state index contributed by atoms with van der Waals surface area (Å²) in [4.78, 5) is 11.3. The molecule has 4 nitrogen and oxygen atoms in total. The second-order valence-corrected chi connectivity index (χ2v) is 5.53. The summed E-state index contributed by atoms with van der Waals surface area (Å²) < 4.78 is 0. The zero-order valence-corrected chi connectivity index (χ0v) is 10.8. The van der Waals surface area contributed by atoms with E-state index in [-0.39, 0.29) is 10.6 Å².